The lowest BCUT2D eigenvalue weighted by atomic mass is 10.0. The minimum Gasteiger partial charge on any atom is -0.344 e. The molecule has 1 aromatic carbocycles. The molecule has 5 nitrogen and oxygen atoms in total. The summed E-state index contributed by atoms with van der Waals surface area (Å²) in [7, 11) is 1.83. The number of carbonyl (C=O) groups excluding carboxylic acids is 2. The van der Waals surface area contributed by atoms with Gasteiger partial charge >= 0.3 is 0 Å². The Hall–Kier alpha value is -2.21. The van der Waals surface area contributed by atoms with Gasteiger partial charge in [-0.05, 0) is 11.5 Å². The van der Waals surface area contributed by atoms with Crippen LogP contribution in [-0.2, 0) is 23.1 Å². The molecule has 2 rings (SSSR count). The number of hydrogen-bond donors (Lipinski definition) is 1. The topological polar surface area (TPSA) is 63.5 Å². The van der Waals surface area contributed by atoms with Crippen LogP contribution in [0, 0.1) is 5.92 Å². The van der Waals surface area contributed by atoms with E-state index in [1.165, 1.54) is 11.3 Å². The average molecular weight is 331 g/mol. The fourth-order valence-electron chi connectivity index (χ4n) is 2.12. The van der Waals surface area contributed by atoms with E-state index in [2.05, 4.69) is 10.3 Å². The maximum absolute atomic E-state index is 12.4. The van der Waals surface area contributed by atoms with E-state index in [1.807, 2.05) is 62.8 Å². The van der Waals surface area contributed by atoms with Gasteiger partial charge in [0.15, 0.2) is 4.80 Å². The zero-order valence-electron chi connectivity index (χ0n) is 13.5. The maximum atomic E-state index is 12.4. The molecule has 6 heteroatoms. The van der Waals surface area contributed by atoms with Gasteiger partial charge in [0.05, 0.1) is 6.42 Å². The lowest BCUT2D eigenvalue weighted by molar-refractivity contribution is -0.128. The summed E-state index contributed by atoms with van der Waals surface area (Å²) >= 11 is 1.39. The Bertz CT molecular complexity index is 732. The summed E-state index contributed by atoms with van der Waals surface area (Å²) < 4.78 is 1.78. The third-order valence-corrected chi connectivity index (χ3v) is 4.27. The zero-order valence-corrected chi connectivity index (χ0v) is 14.3. The number of aryl methyl sites for hydroxylation is 1. The molecule has 0 aliphatic rings. The molecule has 23 heavy (non-hydrogen) atoms. The highest BCUT2D eigenvalue weighted by Crippen LogP contribution is 2.06. The van der Waals surface area contributed by atoms with Crippen molar-refractivity contribution in [1.82, 2.24) is 9.88 Å². The number of amides is 2. The highest BCUT2D eigenvalue weighted by atomic mass is 32.1. The first-order valence-electron chi connectivity index (χ1n) is 7.49. The third kappa shape index (κ3) is 4.89. The molecule has 0 saturated carbocycles. The van der Waals surface area contributed by atoms with E-state index in [1.54, 1.807) is 4.57 Å². The van der Waals surface area contributed by atoms with E-state index in [4.69, 9.17) is 0 Å². The van der Waals surface area contributed by atoms with E-state index >= 15 is 0 Å². The molecule has 1 N–H and O–H groups in total. The van der Waals surface area contributed by atoms with E-state index in [0.717, 1.165) is 5.56 Å². The fourth-order valence-corrected chi connectivity index (χ4v) is 2.85. The lowest BCUT2D eigenvalue weighted by Gasteiger charge is -2.18. The van der Waals surface area contributed by atoms with Crippen molar-refractivity contribution >= 4 is 23.2 Å². The molecule has 1 aromatic heterocycles. The number of benzene rings is 1. The summed E-state index contributed by atoms with van der Waals surface area (Å²) in [5.41, 5.74) is 0.918. The second kappa shape index (κ2) is 7.87. The van der Waals surface area contributed by atoms with Crippen LogP contribution in [-0.4, -0.2) is 22.4 Å². The van der Waals surface area contributed by atoms with Crippen LogP contribution in [0.4, 0.5) is 0 Å². The minimum atomic E-state index is -0.617. The number of aromatic nitrogens is 1. The maximum Gasteiger partial charge on any atom is 0.271 e. The first-order chi connectivity index (χ1) is 11.0. The molecule has 0 fully saturated rings. The fraction of sp³-hybridized carbons (Fsp3) is 0.353. The molecule has 1 unspecified atom stereocenters. The molecule has 2 amide bonds. The molecule has 0 radical (unpaired) electrons. The first kappa shape index (κ1) is 17.1. The van der Waals surface area contributed by atoms with Gasteiger partial charge in [-0.1, -0.05) is 44.2 Å². The van der Waals surface area contributed by atoms with Crippen LogP contribution in [0.5, 0.6) is 0 Å². The number of hydrogen-bond acceptors (Lipinski definition) is 3. The number of carbonyl (C=O) groups is 2. The predicted octanol–water partition coefficient (Wildman–Crippen LogP) is 1.90. The summed E-state index contributed by atoms with van der Waals surface area (Å²) in [5.74, 6) is -0.523. The SMILES string of the molecule is CC(C)C(NC(=O)Cc1ccccc1)C(=O)N=c1sccn1C. The van der Waals surface area contributed by atoms with Crippen molar-refractivity contribution in [2.24, 2.45) is 18.0 Å². The van der Waals surface area contributed by atoms with Crippen molar-refractivity contribution in [3.8, 4) is 0 Å². The van der Waals surface area contributed by atoms with Crippen LogP contribution in [0.2, 0.25) is 0 Å². The zero-order chi connectivity index (χ0) is 16.8. The summed E-state index contributed by atoms with van der Waals surface area (Å²) in [6.07, 6.45) is 2.10. The summed E-state index contributed by atoms with van der Waals surface area (Å²) in [6, 6.07) is 8.85. The van der Waals surface area contributed by atoms with Crippen LogP contribution in [0.15, 0.2) is 46.9 Å². The van der Waals surface area contributed by atoms with E-state index < -0.39 is 6.04 Å². The van der Waals surface area contributed by atoms with Crippen molar-refractivity contribution in [1.29, 1.82) is 0 Å². The highest BCUT2D eigenvalue weighted by molar-refractivity contribution is 7.07. The Morgan fingerprint density at radius 3 is 2.52 bits per heavy atom. The van der Waals surface area contributed by atoms with Crippen molar-refractivity contribution in [3.05, 3.63) is 52.3 Å². The van der Waals surface area contributed by atoms with Gasteiger partial charge in [-0.3, -0.25) is 9.59 Å². The van der Waals surface area contributed by atoms with Gasteiger partial charge in [0.2, 0.25) is 5.91 Å². The van der Waals surface area contributed by atoms with Gasteiger partial charge in [-0.15, -0.1) is 11.3 Å². The van der Waals surface area contributed by atoms with E-state index in [9.17, 15) is 9.59 Å². The second-order valence-electron chi connectivity index (χ2n) is 5.70. The van der Waals surface area contributed by atoms with Crippen molar-refractivity contribution in [2.75, 3.05) is 0 Å². The molecule has 0 bridgehead atoms. The molecule has 1 atom stereocenters. The monoisotopic (exact) mass is 331 g/mol. The number of rotatable bonds is 5. The third-order valence-electron chi connectivity index (χ3n) is 3.42. The van der Waals surface area contributed by atoms with Crippen LogP contribution in [0.3, 0.4) is 0 Å². The van der Waals surface area contributed by atoms with Gasteiger partial charge in [0.1, 0.15) is 6.04 Å². The lowest BCUT2D eigenvalue weighted by Crippen LogP contribution is -2.45. The number of thiazole rings is 1. The summed E-state index contributed by atoms with van der Waals surface area (Å²) in [4.78, 5) is 29.3. The largest absolute Gasteiger partial charge is 0.344 e. The van der Waals surface area contributed by atoms with Gasteiger partial charge in [-0.2, -0.15) is 4.99 Å². The van der Waals surface area contributed by atoms with E-state index in [0.29, 0.717) is 4.80 Å². The Balaban J connectivity index is 2.08. The molecule has 122 valence electrons. The second-order valence-corrected chi connectivity index (χ2v) is 6.57. The Morgan fingerprint density at radius 2 is 1.96 bits per heavy atom. The molecule has 2 aromatic rings. The quantitative estimate of drug-likeness (QED) is 0.909. The van der Waals surface area contributed by atoms with Gasteiger partial charge < -0.3 is 9.88 Å². The van der Waals surface area contributed by atoms with Gasteiger partial charge in [0, 0.05) is 18.6 Å². The van der Waals surface area contributed by atoms with Crippen LogP contribution < -0.4 is 10.1 Å². The van der Waals surface area contributed by atoms with Crippen LogP contribution in [0.1, 0.15) is 19.4 Å². The van der Waals surface area contributed by atoms with Crippen molar-refractivity contribution in [2.45, 2.75) is 26.3 Å². The van der Waals surface area contributed by atoms with Crippen molar-refractivity contribution < 1.29 is 9.59 Å². The van der Waals surface area contributed by atoms with E-state index in [-0.39, 0.29) is 24.2 Å². The summed E-state index contributed by atoms with van der Waals surface area (Å²) in [5, 5.41) is 4.68. The molecule has 1 heterocycles. The number of nitrogens with zero attached hydrogens (tertiary/aromatic N) is 2. The summed E-state index contributed by atoms with van der Waals surface area (Å²) in [6.45, 7) is 3.80. The Kier molecular flexibility index (Phi) is 5.87. The minimum absolute atomic E-state index is 0.0313. The highest BCUT2D eigenvalue weighted by Gasteiger charge is 2.24. The first-order valence-corrected chi connectivity index (χ1v) is 8.37. The molecule has 0 aliphatic carbocycles. The van der Waals surface area contributed by atoms with Crippen LogP contribution >= 0.6 is 11.3 Å². The average Bonchev–Trinajstić information content (AvgIpc) is 2.90. The molecular formula is C17H21N3O2S. The molecular weight excluding hydrogens is 310 g/mol. The Morgan fingerprint density at radius 1 is 1.26 bits per heavy atom. The standard InChI is InChI=1S/C17H21N3O2S/c1-12(2)15(16(22)19-17-20(3)9-10-23-17)18-14(21)11-13-7-5-4-6-8-13/h4-10,12,15H,11H2,1-3H3,(H,18,21). The smallest absolute Gasteiger partial charge is 0.271 e. The molecule has 0 saturated heterocycles. The predicted molar refractivity (Wildman–Crippen MR) is 90.8 cm³/mol. The van der Waals surface area contributed by atoms with Gasteiger partial charge in [0.25, 0.3) is 5.91 Å². The number of nitrogens with one attached hydrogen (secondary N) is 1. The normalized spacial score (nSPS) is 13.1. The van der Waals surface area contributed by atoms with Gasteiger partial charge in [-0.25, -0.2) is 0 Å². The molecule has 0 spiro atoms. The van der Waals surface area contributed by atoms with Crippen LogP contribution in [0.25, 0.3) is 0 Å². The van der Waals surface area contributed by atoms with Crippen molar-refractivity contribution in [3.63, 3.8) is 0 Å². The Labute approximate surface area is 139 Å². The molecule has 0 aliphatic heterocycles.